The van der Waals surface area contributed by atoms with E-state index in [9.17, 15) is 10.1 Å². The van der Waals surface area contributed by atoms with E-state index in [0.717, 1.165) is 0 Å². The molecular weight excluding hydrogens is 322 g/mol. The second-order valence-corrected chi connectivity index (χ2v) is 5.89. The highest BCUT2D eigenvalue weighted by molar-refractivity contribution is 7.80. The minimum atomic E-state index is -0.661. The highest BCUT2D eigenvalue weighted by atomic mass is 32.1. The zero-order chi connectivity index (χ0) is 17.1. The lowest BCUT2D eigenvalue weighted by Crippen LogP contribution is -2.40. The molecule has 1 amide bonds. The number of benzene rings is 1. The number of para-hydroxylation sites is 1. The van der Waals surface area contributed by atoms with Crippen molar-refractivity contribution in [3.63, 3.8) is 0 Å². The maximum atomic E-state index is 12.8. The van der Waals surface area contributed by atoms with E-state index in [1.54, 1.807) is 31.2 Å². The van der Waals surface area contributed by atoms with Crippen LogP contribution in [0.25, 0.3) is 0 Å². The summed E-state index contributed by atoms with van der Waals surface area (Å²) in [7, 11) is 0. The number of nitriles is 1. The molecule has 0 fully saturated rings. The molecular formula is C18H15N3O2S. The van der Waals surface area contributed by atoms with Crippen LogP contribution in [0.15, 0.2) is 64.4 Å². The van der Waals surface area contributed by atoms with Crippen molar-refractivity contribution < 1.29 is 9.21 Å². The molecule has 0 radical (unpaired) electrons. The molecule has 0 spiro atoms. The molecule has 1 aromatic carbocycles. The Morgan fingerprint density at radius 1 is 1.29 bits per heavy atom. The van der Waals surface area contributed by atoms with E-state index in [1.165, 1.54) is 6.26 Å². The first-order chi connectivity index (χ1) is 11.6. The predicted molar refractivity (Wildman–Crippen MR) is 94.1 cm³/mol. The number of carbonyl (C=O) groups excluding carboxylic acids is 1. The Labute approximate surface area is 145 Å². The number of rotatable bonds is 3. The molecule has 2 N–H and O–H groups in total. The number of amides is 1. The van der Waals surface area contributed by atoms with Gasteiger partial charge in [0.15, 0.2) is 0 Å². The first-order valence-electron chi connectivity index (χ1n) is 7.43. The van der Waals surface area contributed by atoms with Crippen molar-refractivity contribution in [2.24, 2.45) is 5.92 Å². The Kier molecular flexibility index (Phi) is 4.45. The van der Waals surface area contributed by atoms with Gasteiger partial charge in [0.2, 0.25) is 0 Å². The van der Waals surface area contributed by atoms with Gasteiger partial charge in [-0.25, -0.2) is 0 Å². The molecule has 1 aliphatic heterocycles. The Morgan fingerprint density at radius 3 is 2.67 bits per heavy atom. The van der Waals surface area contributed by atoms with Crippen LogP contribution >= 0.6 is 12.2 Å². The maximum Gasteiger partial charge on any atom is 0.254 e. The van der Waals surface area contributed by atoms with Gasteiger partial charge in [-0.3, -0.25) is 4.79 Å². The van der Waals surface area contributed by atoms with Crippen molar-refractivity contribution in [3.8, 4) is 6.07 Å². The monoisotopic (exact) mass is 337 g/mol. The lowest BCUT2D eigenvalue weighted by molar-refractivity contribution is -0.113. The van der Waals surface area contributed by atoms with Crippen molar-refractivity contribution in [3.05, 3.63) is 65.8 Å². The summed E-state index contributed by atoms with van der Waals surface area (Å²) in [4.78, 5) is 13.2. The summed E-state index contributed by atoms with van der Waals surface area (Å²) in [6, 6.07) is 14.8. The summed E-state index contributed by atoms with van der Waals surface area (Å²) in [5.74, 6) is -0.938. The molecule has 1 aliphatic rings. The largest absolute Gasteiger partial charge is 0.469 e. The summed E-state index contributed by atoms with van der Waals surface area (Å²) in [6.07, 6.45) is 1.52. The third kappa shape index (κ3) is 2.94. The quantitative estimate of drug-likeness (QED) is 0.840. The highest BCUT2D eigenvalue weighted by Crippen LogP contribution is 2.37. The summed E-state index contributed by atoms with van der Waals surface area (Å²) >= 11 is 5.28. The smallest absolute Gasteiger partial charge is 0.254 e. The number of nitrogens with one attached hydrogen (secondary N) is 2. The highest BCUT2D eigenvalue weighted by Gasteiger charge is 2.40. The molecule has 1 aromatic heterocycles. The number of hydrogen-bond donors (Lipinski definition) is 2. The fourth-order valence-electron chi connectivity index (χ4n) is 2.82. The molecule has 120 valence electrons. The lowest BCUT2D eigenvalue weighted by Gasteiger charge is -2.30. The Hall–Kier alpha value is -2.91. The predicted octanol–water partition coefficient (Wildman–Crippen LogP) is 3.35. The normalized spacial score (nSPS) is 20.2. The van der Waals surface area contributed by atoms with Gasteiger partial charge in [-0.1, -0.05) is 30.4 Å². The molecule has 6 heteroatoms. The van der Waals surface area contributed by atoms with Crippen LogP contribution in [0.4, 0.5) is 5.69 Å². The first kappa shape index (κ1) is 16.0. The number of carbonyl (C=O) groups is 1. The Bertz CT molecular complexity index is 835. The van der Waals surface area contributed by atoms with Crippen molar-refractivity contribution in [1.82, 2.24) is 5.32 Å². The van der Waals surface area contributed by atoms with Gasteiger partial charge in [-0.15, -0.1) is 0 Å². The van der Waals surface area contributed by atoms with Gasteiger partial charge in [0.05, 0.1) is 23.2 Å². The van der Waals surface area contributed by atoms with Crippen molar-refractivity contribution >= 4 is 28.8 Å². The van der Waals surface area contributed by atoms with Gasteiger partial charge in [0.1, 0.15) is 11.7 Å². The van der Waals surface area contributed by atoms with Crippen molar-refractivity contribution in [2.45, 2.75) is 12.8 Å². The molecule has 3 rings (SSSR count). The maximum absolute atomic E-state index is 12.8. The average molecular weight is 337 g/mol. The van der Waals surface area contributed by atoms with Gasteiger partial charge < -0.3 is 15.1 Å². The number of thiocarbonyl (C=S) groups is 1. The van der Waals surface area contributed by atoms with Crippen molar-refractivity contribution in [1.29, 1.82) is 5.26 Å². The number of hydrogen-bond acceptors (Lipinski definition) is 4. The lowest BCUT2D eigenvalue weighted by atomic mass is 9.80. The molecule has 0 saturated heterocycles. The van der Waals surface area contributed by atoms with E-state index < -0.39 is 11.8 Å². The number of nitrogens with zero attached hydrogens (tertiary/aromatic N) is 1. The molecule has 5 nitrogen and oxygen atoms in total. The molecule has 0 unspecified atom stereocenters. The molecule has 2 atom stereocenters. The summed E-state index contributed by atoms with van der Waals surface area (Å²) in [5, 5.41) is 15.4. The molecule has 2 aromatic rings. The second-order valence-electron chi connectivity index (χ2n) is 5.45. The van der Waals surface area contributed by atoms with E-state index >= 15 is 0 Å². The minimum Gasteiger partial charge on any atom is -0.469 e. The van der Waals surface area contributed by atoms with Gasteiger partial charge in [-0.2, -0.15) is 5.26 Å². The van der Waals surface area contributed by atoms with Crippen LogP contribution in [0.5, 0.6) is 0 Å². The van der Waals surface area contributed by atoms with Crippen LogP contribution in [0, 0.1) is 17.2 Å². The number of anilines is 1. The Morgan fingerprint density at radius 2 is 2.04 bits per heavy atom. The molecule has 0 saturated carbocycles. The van der Waals surface area contributed by atoms with Crippen LogP contribution in [0.3, 0.4) is 0 Å². The van der Waals surface area contributed by atoms with E-state index in [2.05, 4.69) is 16.7 Å². The van der Waals surface area contributed by atoms with Gasteiger partial charge in [-0.05, 0) is 31.2 Å². The average Bonchev–Trinajstić information content (AvgIpc) is 3.09. The van der Waals surface area contributed by atoms with Crippen LogP contribution < -0.4 is 10.6 Å². The molecule has 0 aliphatic carbocycles. The topological polar surface area (TPSA) is 78.1 Å². The number of furan rings is 1. The third-order valence-electron chi connectivity index (χ3n) is 3.91. The number of allylic oxidation sites excluding steroid dienone is 1. The van der Waals surface area contributed by atoms with E-state index in [1.807, 2.05) is 18.2 Å². The second kappa shape index (κ2) is 6.69. The van der Waals surface area contributed by atoms with Gasteiger partial charge in [0, 0.05) is 17.0 Å². The molecule has 2 heterocycles. The van der Waals surface area contributed by atoms with Gasteiger partial charge >= 0.3 is 0 Å². The zero-order valence-electron chi connectivity index (χ0n) is 12.9. The fourth-order valence-corrected chi connectivity index (χ4v) is 3.16. The SMILES string of the molecule is CC1=C(C(=O)Nc2ccccc2)[C@H](c2ccco2)[C@@H](C#N)C(=S)N1. The van der Waals surface area contributed by atoms with Crippen LogP contribution in [-0.2, 0) is 4.79 Å². The van der Waals surface area contributed by atoms with E-state index in [-0.39, 0.29) is 5.91 Å². The van der Waals surface area contributed by atoms with Crippen LogP contribution in [-0.4, -0.2) is 10.9 Å². The van der Waals surface area contributed by atoms with Crippen LogP contribution in [0.2, 0.25) is 0 Å². The molecule has 0 bridgehead atoms. The van der Waals surface area contributed by atoms with Gasteiger partial charge in [0.25, 0.3) is 5.91 Å². The summed E-state index contributed by atoms with van der Waals surface area (Å²) in [5.41, 5.74) is 1.76. The minimum absolute atomic E-state index is 0.282. The molecule has 24 heavy (non-hydrogen) atoms. The zero-order valence-corrected chi connectivity index (χ0v) is 13.8. The standard InChI is InChI=1S/C18H15N3O2S/c1-11-15(17(22)21-12-6-3-2-4-7-12)16(14-8-5-9-23-14)13(10-19)18(24)20-11/h2-9,13,16H,1H3,(H,20,24)(H,21,22)/t13-,16+/m1/s1. The first-order valence-corrected chi connectivity index (χ1v) is 7.83. The Balaban J connectivity index is 2.01. The van der Waals surface area contributed by atoms with Crippen LogP contribution in [0.1, 0.15) is 18.6 Å². The van der Waals surface area contributed by atoms with E-state index in [0.29, 0.717) is 27.7 Å². The van der Waals surface area contributed by atoms with E-state index in [4.69, 9.17) is 16.6 Å². The summed E-state index contributed by atoms with van der Waals surface area (Å²) < 4.78 is 5.48. The third-order valence-corrected chi connectivity index (χ3v) is 4.26. The fraction of sp³-hybridized carbons (Fsp3) is 0.167. The summed E-state index contributed by atoms with van der Waals surface area (Å²) in [6.45, 7) is 1.77. The van der Waals surface area contributed by atoms with Crippen molar-refractivity contribution in [2.75, 3.05) is 5.32 Å².